The zero-order valence-electron chi connectivity index (χ0n) is 23.1. The van der Waals surface area contributed by atoms with Crippen LogP contribution in [0.4, 0.5) is 0 Å². The first-order chi connectivity index (χ1) is 18.6. The summed E-state index contributed by atoms with van der Waals surface area (Å²) in [7, 11) is 3.15. The maximum absolute atomic E-state index is 14.0. The Morgan fingerprint density at radius 3 is 2.20 bits per heavy atom. The fourth-order valence-corrected chi connectivity index (χ4v) is 6.66. The lowest BCUT2D eigenvalue weighted by Crippen LogP contribution is -2.65. The van der Waals surface area contributed by atoms with E-state index in [0.29, 0.717) is 5.56 Å². The summed E-state index contributed by atoms with van der Waals surface area (Å²) < 4.78 is 0. The van der Waals surface area contributed by atoms with Crippen molar-refractivity contribution in [2.75, 3.05) is 14.1 Å². The molecule has 0 aromatic heterocycles. The molecule has 5 rings (SSSR count). The molecule has 40 heavy (non-hydrogen) atoms. The first kappa shape index (κ1) is 27.6. The summed E-state index contributed by atoms with van der Waals surface area (Å²) in [6, 6.07) is 10.1. The molecule has 2 aromatic rings. The third kappa shape index (κ3) is 3.79. The second-order valence-corrected chi connectivity index (χ2v) is 12.3. The Labute approximate surface area is 232 Å². The predicted molar refractivity (Wildman–Crippen MR) is 148 cm³/mol. The highest BCUT2D eigenvalue weighted by Gasteiger charge is 2.64. The van der Waals surface area contributed by atoms with Crippen LogP contribution in [0, 0.1) is 11.8 Å². The van der Waals surface area contributed by atoms with Gasteiger partial charge in [-0.1, -0.05) is 51.1 Å². The summed E-state index contributed by atoms with van der Waals surface area (Å²) in [6.45, 7) is 6.35. The first-order valence-corrected chi connectivity index (χ1v) is 13.2. The van der Waals surface area contributed by atoms with Crippen LogP contribution < -0.4 is 5.73 Å². The Balaban J connectivity index is 1.70. The summed E-state index contributed by atoms with van der Waals surface area (Å²) in [4.78, 5) is 40.8. The number of hydrogen-bond donors (Lipinski definition) is 5. The number of nitrogens with zero attached hydrogens (tertiary/aromatic N) is 1. The van der Waals surface area contributed by atoms with E-state index in [-0.39, 0.29) is 35.1 Å². The molecule has 0 spiro atoms. The smallest absolute Gasteiger partial charge is 0.255 e. The van der Waals surface area contributed by atoms with Crippen LogP contribution in [0.5, 0.6) is 5.75 Å². The number of aliphatic hydroxyl groups is 3. The molecule has 1 saturated carbocycles. The molecule has 0 bridgehead atoms. The molecule has 9 nitrogen and oxygen atoms in total. The molecule has 0 aliphatic heterocycles. The summed E-state index contributed by atoms with van der Waals surface area (Å²) in [5.74, 6) is -6.63. The maximum atomic E-state index is 14.0. The molecule has 0 saturated heterocycles. The Morgan fingerprint density at radius 1 is 1.02 bits per heavy atom. The Kier molecular flexibility index (Phi) is 6.24. The van der Waals surface area contributed by atoms with Gasteiger partial charge in [0.2, 0.25) is 5.78 Å². The minimum atomic E-state index is -2.65. The number of hydrogen-bond acceptors (Lipinski definition) is 8. The number of aromatic hydroxyl groups is 1. The van der Waals surface area contributed by atoms with Crippen LogP contribution in [0.15, 0.2) is 53.3 Å². The first-order valence-electron chi connectivity index (χ1n) is 13.2. The molecule has 1 fully saturated rings. The number of carbonyl (C=O) groups excluding carboxylic acids is 3. The number of nitrogens with two attached hydrogens (primary N) is 1. The molecular formula is C31H34N2O7. The highest BCUT2D eigenvalue weighted by Crippen LogP contribution is 2.53. The van der Waals surface area contributed by atoms with Gasteiger partial charge in [0.05, 0.1) is 11.6 Å². The molecule has 210 valence electrons. The Bertz CT molecular complexity index is 1530. The fourth-order valence-electron chi connectivity index (χ4n) is 6.66. The number of phenols is 1. The van der Waals surface area contributed by atoms with Gasteiger partial charge in [-0.3, -0.25) is 19.3 Å². The van der Waals surface area contributed by atoms with Crippen LogP contribution in [0.3, 0.4) is 0 Å². The number of benzene rings is 2. The predicted octanol–water partition coefficient (Wildman–Crippen LogP) is 2.93. The van der Waals surface area contributed by atoms with Gasteiger partial charge in [0.15, 0.2) is 11.4 Å². The van der Waals surface area contributed by atoms with E-state index in [0.717, 1.165) is 16.7 Å². The Morgan fingerprint density at radius 2 is 1.65 bits per heavy atom. The number of rotatable bonds is 3. The number of ketones is 2. The van der Waals surface area contributed by atoms with Crippen LogP contribution in [0.25, 0.3) is 16.9 Å². The molecular weight excluding hydrogens is 512 g/mol. The van der Waals surface area contributed by atoms with Gasteiger partial charge in [0.25, 0.3) is 5.91 Å². The van der Waals surface area contributed by atoms with E-state index < -0.39 is 58.0 Å². The zero-order chi connectivity index (χ0) is 29.5. The van der Waals surface area contributed by atoms with Crippen LogP contribution in [-0.2, 0) is 26.2 Å². The third-order valence-corrected chi connectivity index (χ3v) is 8.67. The van der Waals surface area contributed by atoms with Crippen LogP contribution >= 0.6 is 0 Å². The lowest BCUT2D eigenvalue weighted by molar-refractivity contribution is -0.153. The number of primary amides is 1. The van der Waals surface area contributed by atoms with E-state index in [1.807, 2.05) is 24.3 Å². The van der Waals surface area contributed by atoms with Crippen molar-refractivity contribution in [1.82, 2.24) is 4.90 Å². The van der Waals surface area contributed by atoms with Crippen LogP contribution in [-0.4, -0.2) is 68.5 Å². The van der Waals surface area contributed by atoms with E-state index in [2.05, 4.69) is 20.8 Å². The minimum Gasteiger partial charge on any atom is -0.508 e. The van der Waals surface area contributed by atoms with Crippen molar-refractivity contribution in [1.29, 1.82) is 0 Å². The lowest BCUT2D eigenvalue weighted by Gasteiger charge is -2.50. The molecule has 0 heterocycles. The van der Waals surface area contributed by atoms with Gasteiger partial charge in [-0.05, 0) is 66.6 Å². The van der Waals surface area contributed by atoms with Crippen molar-refractivity contribution >= 4 is 23.2 Å². The highest BCUT2D eigenvalue weighted by molar-refractivity contribution is 6.24. The fraction of sp³-hybridized carbons (Fsp3) is 0.387. The summed E-state index contributed by atoms with van der Waals surface area (Å²) in [5, 5.41) is 44.9. The average Bonchev–Trinajstić information content (AvgIpc) is 2.85. The van der Waals surface area contributed by atoms with E-state index in [4.69, 9.17) is 5.73 Å². The molecule has 3 aliphatic carbocycles. The van der Waals surface area contributed by atoms with Gasteiger partial charge in [0, 0.05) is 11.5 Å². The summed E-state index contributed by atoms with van der Waals surface area (Å²) in [5.41, 5.74) is 5.18. The van der Waals surface area contributed by atoms with Crippen LogP contribution in [0.1, 0.15) is 43.9 Å². The minimum absolute atomic E-state index is 0.0448. The number of likely N-dealkylation sites (N-methyl/N-ethyl adjacent to an activating group) is 1. The normalized spacial score (nSPS) is 26.5. The van der Waals surface area contributed by atoms with Gasteiger partial charge < -0.3 is 26.2 Å². The monoisotopic (exact) mass is 546 g/mol. The molecule has 4 atom stereocenters. The molecule has 2 aromatic carbocycles. The Hall–Kier alpha value is -3.95. The highest BCUT2D eigenvalue weighted by atomic mass is 16.3. The number of amides is 1. The standard InChI is InChI=1S/C31H34N2O7/c1-30(2,3)16-8-6-14(7-9-16)17-10-11-20(34)22-18(17)12-15-13-19-24(33(4)5)26(36)23(29(32)39)28(38)31(19,40)27(37)21(15)25(22)35/h6-11,15,19,24,34-35,38,40H,12-13H2,1-5H3,(H2,32,39)/t15-,19+,24+,31-/m1/s1. The largest absolute Gasteiger partial charge is 0.508 e. The second-order valence-electron chi connectivity index (χ2n) is 12.3. The molecule has 3 aliphatic rings. The molecule has 9 heteroatoms. The lowest BCUT2D eigenvalue weighted by atomic mass is 9.57. The van der Waals surface area contributed by atoms with Gasteiger partial charge >= 0.3 is 0 Å². The van der Waals surface area contributed by atoms with Crippen molar-refractivity contribution in [2.45, 2.75) is 50.7 Å². The number of aliphatic hydroxyl groups excluding tert-OH is 2. The van der Waals surface area contributed by atoms with E-state index in [9.17, 15) is 34.8 Å². The number of carbonyl (C=O) groups is 3. The average molecular weight is 547 g/mol. The van der Waals surface area contributed by atoms with Gasteiger partial charge in [-0.2, -0.15) is 0 Å². The summed E-state index contributed by atoms with van der Waals surface area (Å²) in [6.07, 6.45) is 0.281. The van der Waals surface area contributed by atoms with Gasteiger partial charge in [-0.25, -0.2) is 0 Å². The topological polar surface area (TPSA) is 161 Å². The van der Waals surface area contributed by atoms with Crippen molar-refractivity contribution in [3.05, 3.63) is 70.0 Å². The molecule has 0 unspecified atom stereocenters. The van der Waals surface area contributed by atoms with E-state index in [1.54, 1.807) is 20.2 Å². The maximum Gasteiger partial charge on any atom is 0.255 e. The third-order valence-electron chi connectivity index (χ3n) is 8.67. The molecule has 1 amide bonds. The van der Waals surface area contributed by atoms with Gasteiger partial charge in [0.1, 0.15) is 22.8 Å². The summed E-state index contributed by atoms with van der Waals surface area (Å²) >= 11 is 0. The van der Waals surface area contributed by atoms with E-state index >= 15 is 0 Å². The van der Waals surface area contributed by atoms with Crippen molar-refractivity contribution in [3.63, 3.8) is 0 Å². The number of phenolic OH excluding ortho intramolecular Hbond substituents is 1. The second kappa shape index (κ2) is 9.04. The zero-order valence-corrected chi connectivity index (χ0v) is 23.1. The van der Waals surface area contributed by atoms with Crippen molar-refractivity contribution < 1.29 is 34.8 Å². The van der Waals surface area contributed by atoms with Crippen LogP contribution in [0.2, 0.25) is 0 Å². The SMILES string of the molecule is CN(C)[C@@H]1C(=O)C(C(N)=O)=C(O)[C@]2(O)C(=O)C3=C(O)c4c(O)ccc(-c5ccc(C(C)(C)C)cc5)c4C[C@@H]3C[C@@H]12. The van der Waals surface area contributed by atoms with Gasteiger partial charge in [-0.15, -0.1) is 0 Å². The van der Waals surface area contributed by atoms with Crippen molar-refractivity contribution in [3.8, 4) is 16.9 Å². The molecule has 0 radical (unpaired) electrons. The quantitative estimate of drug-likeness (QED) is 0.367. The molecule has 6 N–H and O–H groups in total. The number of fused-ring (bicyclic) bond motifs is 3. The van der Waals surface area contributed by atoms with E-state index in [1.165, 1.54) is 11.0 Å². The van der Waals surface area contributed by atoms with Crippen molar-refractivity contribution in [2.24, 2.45) is 17.6 Å². The number of Topliss-reactive ketones (excluding diaryl/α,β-unsaturated/α-hetero) is 2.